The fourth-order valence-electron chi connectivity index (χ4n) is 2.02. The van der Waals surface area contributed by atoms with E-state index in [9.17, 15) is 0 Å². The van der Waals surface area contributed by atoms with Crippen molar-refractivity contribution in [1.82, 2.24) is 25.0 Å². The van der Waals surface area contributed by atoms with Crippen LogP contribution in [0.1, 0.15) is 24.1 Å². The normalized spacial score (nSPS) is 12.5. The Labute approximate surface area is 115 Å². The van der Waals surface area contributed by atoms with Crippen LogP contribution < -0.4 is 11.1 Å². The molecule has 1 unspecified atom stereocenters. The molecule has 0 aliphatic heterocycles. The van der Waals surface area contributed by atoms with Crippen molar-refractivity contribution in [2.24, 2.45) is 5.73 Å². The highest BCUT2D eigenvalue weighted by molar-refractivity contribution is 5.45. The van der Waals surface area contributed by atoms with Crippen LogP contribution >= 0.6 is 0 Å². The lowest BCUT2D eigenvalue weighted by atomic mass is 10.1. The molecule has 2 heterocycles. The molecular weight excluding hydrogens is 254 g/mol. The van der Waals surface area contributed by atoms with Crippen LogP contribution in [-0.2, 0) is 6.54 Å². The number of benzene rings is 1. The highest BCUT2D eigenvalue weighted by atomic mass is 15.5. The van der Waals surface area contributed by atoms with Crippen molar-refractivity contribution in [3.05, 3.63) is 47.8 Å². The number of nitrogens with two attached hydrogens (primary N) is 1. The quantitative estimate of drug-likeness (QED) is 0.738. The summed E-state index contributed by atoms with van der Waals surface area (Å²) in [5.74, 6) is 0.753. The number of rotatable bonds is 4. The molecule has 102 valence electrons. The molecule has 0 spiro atoms. The summed E-state index contributed by atoms with van der Waals surface area (Å²) in [5.41, 5.74) is 8.49. The van der Waals surface area contributed by atoms with Gasteiger partial charge in [-0.3, -0.25) is 4.98 Å². The van der Waals surface area contributed by atoms with E-state index in [1.54, 1.807) is 16.9 Å². The van der Waals surface area contributed by atoms with Gasteiger partial charge in [-0.1, -0.05) is 24.3 Å². The zero-order valence-electron chi connectivity index (χ0n) is 11.1. The van der Waals surface area contributed by atoms with Gasteiger partial charge in [0.1, 0.15) is 0 Å². The van der Waals surface area contributed by atoms with E-state index in [4.69, 9.17) is 5.73 Å². The molecule has 3 aromatic rings. The summed E-state index contributed by atoms with van der Waals surface area (Å²) in [5, 5.41) is 14.8. The number of fused-ring (bicyclic) bond motifs is 1. The predicted octanol–water partition coefficient (Wildman–Crippen LogP) is 1.15. The van der Waals surface area contributed by atoms with Gasteiger partial charge in [-0.2, -0.15) is 4.52 Å². The minimum Gasteiger partial charge on any atom is -0.362 e. The van der Waals surface area contributed by atoms with E-state index >= 15 is 0 Å². The Kier molecular flexibility index (Phi) is 3.26. The highest BCUT2D eigenvalue weighted by Crippen LogP contribution is 2.19. The molecule has 7 nitrogen and oxygen atoms in total. The monoisotopic (exact) mass is 269 g/mol. The Morgan fingerprint density at radius 2 is 2.05 bits per heavy atom. The van der Waals surface area contributed by atoms with Crippen LogP contribution in [0.4, 0.5) is 5.82 Å². The Morgan fingerprint density at radius 3 is 2.80 bits per heavy atom. The van der Waals surface area contributed by atoms with Gasteiger partial charge in [-0.15, -0.1) is 5.10 Å². The molecule has 3 rings (SSSR count). The lowest BCUT2D eigenvalue weighted by Gasteiger charge is -2.15. The Morgan fingerprint density at radius 1 is 1.25 bits per heavy atom. The van der Waals surface area contributed by atoms with Crippen molar-refractivity contribution in [1.29, 1.82) is 0 Å². The van der Waals surface area contributed by atoms with Gasteiger partial charge in [-0.25, -0.2) is 0 Å². The first-order valence-electron chi connectivity index (χ1n) is 6.35. The smallest absolute Gasteiger partial charge is 0.199 e. The van der Waals surface area contributed by atoms with Gasteiger partial charge in [0.25, 0.3) is 0 Å². The number of anilines is 1. The van der Waals surface area contributed by atoms with E-state index in [1.165, 1.54) is 0 Å². The Bertz CT molecular complexity index is 704. The van der Waals surface area contributed by atoms with Crippen LogP contribution in [0.15, 0.2) is 36.7 Å². The standard InChI is InChI=1S/C13H15N7/c1-9(11-4-2-10(6-14)3-5-11)16-12-7-15-8-13-17-18-19-20(12)13/h2-5,7-9,16H,6,14H2,1H3. The number of hydrogen-bond acceptors (Lipinski definition) is 6. The van der Waals surface area contributed by atoms with E-state index in [0.717, 1.165) is 16.9 Å². The molecule has 20 heavy (non-hydrogen) atoms. The molecule has 0 saturated carbocycles. The van der Waals surface area contributed by atoms with Crippen LogP contribution in [0.3, 0.4) is 0 Å². The Hall–Kier alpha value is -2.54. The summed E-state index contributed by atoms with van der Waals surface area (Å²) in [4.78, 5) is 4.12. The maximum Gasteiger partial charge on any atom is 0.199 e. The molecule has 0 saturated heterocycles. The van der Waals surface area contributed by atoms with Crippen LogP contribution in [0.25, 0.3) is 5.65 Å². The fraction of sp³-hybridized carbons (Fsp3) is 0.231. The van der Waals surface area contributed by atoms with E-state index in [0.29, 0.717) is 12.2 Å². The second kappa shape index (κ2) is 5.22. The van der Waals surface area contributed by atoms with Gasteiger partial charge < -0.3 is 11.1 Å². The van der Waals surface area contributed by atoms with Gasteiger partial charge in [-0.05, 0) is 28.5 Å². The van der Waals surface area contributed by atoms with Crippen LogP contribution in [0, 0.1) is 0 Å². The average molecular weight is 269 g/mol. The van der Waals surface area contributed by atoms with Gasteiger partial charge in [0.2, 0.25) is 0 Å². The predicted molar refractivity (Wildman–Crippen MR) is 74.9 cm³/mol. The summed E-state index contributed by atoms with van der Waals surface area (Å²) in [6.07, 6.45) is 3.32. The first-order valence-corrected chi connectivity index (χ1v) is 6.35. The number of nitrogens with zero attached hydrogens (tertiary/aromatic N) is 5. The summed E-state index contributed by atoms with van der Waals surface area (Å²) in [7, 11) is 0. The topological polar surface area (TPSA) is 94.0 Å². The summed E-state index contributed by atoms with van der Waals surface area (Å²) in [6, 6.07) is 8.30. The second-order valence-electron chi connectivity index (χ2n) is 4.55. The molecule has 2 aromatic heterocycles. The van der Waals surface area contributed by atoms with E-state index in [-0.39, 0.29) is 6.04 Å². The molecule has 1 aromatic carbocycles. The van der Waals surface area contributed by atoms with Crippen molar-refractivity contribution in [3.63, 3.8) is 0 Å². The molecule has 0 aliphatic rings. The lowest BCUT2D eigenvalue weighted by molar-refractivity contribution is 0.796. The van der Waals surface area contributed by atoms with Crippen LogP contribution in [-0.4, -0.2) is 25.0 Å². The van der Waals surface area contributed by atoms with Crippen molar-refractivity contribution in [2.75, 3.05) is 5.32 Å². The third kappa shape index (κ3) is 2.30. The maximum atomic E-state index is 5.60. The van der Waals surface area contributed by atoms with Crippen molar-refractivity contribution in [2.45, 2.75) is 19.5 Å². The zero-order chi connectivity index (χ0) is 13.9. The molecule has 3 N–H and O–H groups in total. The third-order valence-corrected chi connectivity index (χ3v) is 3.19. The van der Waals surface area contributed by atoms with E-state index in [2.05, 4.69) is 44.9 Å². The third-order valence-electron chi connectivity index (χ3n) is 3.19. The molecule has 0 aliphatic carbocycles. The zero-order valence-corrected chi connectivity index (χ0v) is 11.1. The fourth-order valence-corrected chi connectivity index (χ4v) is 2.02. The highest BCUT2D eigenvalue weighted by Gasteiger charge is 2.09. The van der Waals surface area contributed by atoms with Gasteiger partial charge >= 0.3 is 0 Å². The summed E-state index contributed by atoms with van der Waals surface area (Å²) < 4.78 is 1.62. The first kappa shape index (κ1) is 12.5. The van der Waals surface area contributed by atoms with Crippen LogP contribution in [0.2, 0.25) is 0 Å². The van der Waals surface area contributed by atoms with E-state index in [1.807, 2.05) is 12.1 Å². The van der Waals surface area contributed by atoms with Crippen LogP contribution in [0.5, 0.6) is 0 Å². The SMILES string of the molecule is CC(Nc1cncc2nnnn12)c1ccc(CN)cc1. The van der Waals surface area contributed by atoms with Gasteiger partial charge in [0.15, 0.2) is 11.5 Å². The lowest BCUT2D eigenvalue weighted by Crippen LogP contribution is -2.11. The molecule has 0 amide bonds. The minimum atomic E-state index is 0.110. The first-order chi connectivity index (χ1) is 9.78. The van der Waals surface area contributed by atoms with Crippen molar-refractivity contribution >= 4 is 11.5 Å². The molecule has 0 fully saturated rings. The second-order valence-corrected chi connectivity index (χ2v) is 4.55. The average Bonchev–Trinajstić information content (AvgIpc) is 2.97. The molecule has 0 radical (unpaired) electrons. The van der Waals surface area contributed by atoms with Crippen molar-refractivity contribution < 1.29 is 0 Å². The maximum absolute atomic E-state index is 5.60. The molecule has 0 bridgehead atoms. The molecular formula is C13H15N7. The van der Waals surface area contributed by atoms with Crippen molar-refractivity contribution in [3.8, 4) is 0 Å². The number of nitrogens with one attached hydrogen (secondary N) is 1. The number of tetrazole rings is 1. The molecule has 1 atom stereocenters. The largest absolute Gasteiger partial charge is 0.362 e. The number of aromatic nitrogens is 5. The minimum absolute atomic E-state index is 0.110. The van der Waals surface area contributed by atoms with Gasteiger partial charge in [0, 0.05) is 12.6 Å². The number of hydrogen-bond donors (Lipinski definition) is 2. The van der Waals surface area contributed by atoms with E-state index < -0.39 is 0 Å². The Balaban J connectivity index is 1.84. The van der Waals surface area contributed by atoms with Gasteiger partial charge in [0.05, 0.1) is 12.4 Å². The summed E-state index contributed by atoms with van der Waals surface area (Å²) in [6.45, 7) is 2.62. The summed E-state index contributed by atoms with van der Waals surface area (Å²) >= 11 is 0. The molecule has 7 heteroatoms.